The third-order valence-electron chi connectivity index (χ3n) is 10.3. The first-order valence-electron chi connectivity index (χ1n) is 16.5. The maximum absolute atomic E-state index is 13.8. The van der Waals surface area contributed by atoms with Crippen LogP contribution in [0.25, 0.3) is 10.9 Å². The second-order valence-corrected chi connectivity index (χ2v) is 13.2. The number of fused-ring (bicyclic) bond motifs is 1. The molecule has 0 unspecified atom stereocenters. The van der Waals surface area contributed by atoms with Gasteiger partial charge in [0.15, 0.2) is 0 Å². The molecule has 252 valence electrons. The fourth-order valence-electron chi connectivity index (χ4n) is 7.48. The molecule has 8 nitrogen and oxygen atoms in total. The monoisotopic (exact) mass is 651 g/mol. The van der Waals surface area contributed by atoms with Crippen molar-refractivity contribution in [1.29, 1.82) is 0 Å². The number of nitrogens with one attached hydrogen (secondary N) is 2. The van der Waals surface area contributed by atoms with Crippen molar-refractivity contribution in [3.8, 4) is 17.6 Å². The van der Waals surface area contributed by atoms with Crippen LogP contribution in [0, 0.1) is 17.3 Å². The number of rotatable bonds is 8. The lowest BCUT2D eigenvalue weighted by Gasteiger charge is -2.50. The first-order valence-corrected chi connectivity index (χ1v) is 16.5. The van der Waals surface area contributed by atoms with Crippen LogP contribution in [-0.4, -0.2) is 87.7 Å². The van der Waals surface area contributed by atoms with Crippen LogP contribution in [0.5, 0.6) is 5.75 Å². The number of nitrogens with zero attached hydrogens (tertiary/aromatic N) is 3. The van der Waals surface area contributed by atoms with Crippen molar-refractivity contribution >= 4 is 28.2 Å². The van der Waals surface area contributed by atoms with Gasteiger partial charge in [0.2, 0.25) is 0 Å². The number of hydrogen-bond donors (Lipinski definition) is 2. The third kappa shape index (κ3) is 7.19. The fourth-order valence-corrected chi connectivity index (χ4v) is 7.48. The summed E-state index contributed by atoms with van der Waals surface area (Å²) in [7, 11) is 5.13. The Labute approximate surface area is 274 Å². The molecular formula is C36H44F3N5O3. The van der Waals surface area contributed by atoms with Crippen LogP contribution < -0.4 is 20.3 Å². The summed E-state index contributed by atoms with van der Waals surface area (Å²) in [5, 5.41) is 6.50. The van der Waals surface area contributed by atoms with E-state index in [9.17, 15) is 18.0 Å². The standard InChI is InChI=1S/C36H44F3N5O3/c1-40-34(45)25-9-14-30(33(20-25)46-3)41-17-5-6-28-21-29-31(7-4-8-32(29)44(28)22-36(37,38)39)42(2)26-10-12-27(13-11-26)43-18-15-35(16-19-43)23-47-24-35/h4,7-9,14,20-21,26-27,41H,10-13,15-19,22-24H2,1-3H3,(H,40,45)/t26-,27+. The van der Waals surface area contributed by atoms with E-state index in [0.717, 1.165) is 63.1 Å². The minimum atomic E-state index is -4.40. The molecule has 11 heteroatoms. The molecule has 1 saturated carbocycles. The smallest absolute Gasteiger partial charge is 0.406 e. The topological polar surface area (TPSA) is 71.0 Å². The van der Waals surface area contributed by atoms with Gasteiger partial charge < -0.3 is 34.5 Å². The Morgan fingerprint density at radius 1 is 1.11 bits per heavy atom. The van der Waals surface area contributed by atoms with Gasteiger partial charge in [0.05, 0.1) is 43.8 Å². The summed E-state index contributed by atoms with van der Waals surface area (Å²) in [4.78, 5) is 16.9. The van der Waals surface area contributed by atoms with Crippen molar-refractivity contribution in [3.63, 3.8) is 0 Å². The molecule has 3 aromatic rings. The zero-order valence-corrected chi connectivity index (χ0v) is 27.4. The van der Waals surface area contributed by atoms with E-state index in [1.54, 1.807) is 37.4 Å². The molecule has 2 N–H and O–H groups in total. The van der Waals surface area contributed by atoms with E-state index in [2.05, 4.69) is 39.3 Å². The van der Waals surface area contributed by atoms with E-state index in [-0.39, 0.29) is 12.5 Å². The van der Waals surface area contributed by atoms with Gasteiger partial charge in [-0.2, -0.15) is 13.2 Å². The number of halogens is 3. The Morgan fingerprint density at radius 3 is 2.49 bits per heavy atom. The van der Waals surface area contributed by atoms with Crippen LogP contribution in [0.3, 0.4) is 0 Å². The molecule has 1 aromatic heterocycles. The third-order valence-corrected chi connectivity index (χ3v) is 10.3. The molecule has 3 aliphatic rings. The molecule has 3 fully saturated rings. The molecular weight excluding hydrogens is 607 g/mol. The van der Waals surface area contributed by atoms with Crippen LogP contribution in [0.2, 0.25) is 0 Å². The molecule has 0 bridgehead atoms. The molecule has 47 heavy (non-hydrogen) atoms. The van der Waals surface area contributed by atoms with Crippen LogP contribution in [0.1, 0.15) is 54.6 Å². The predicted octanol–water partition coefficient (Wildman–Crippen LogP) is 5.90. The average Bonchev–Trinajstić information content (AvgIpc) is 3.41. The van der Waals surface area contributed by atoms with Crippen molar-refractivity contribution in [1.82, 2.24) is 14.8 Å². The largest absolute Gasteiger partial charge is 0.495 e. The lowest BCUT2D eigenvalue weighted by Crippen LogP contribution is -2.54. The van der Waals surface area contributed by atoms with E-state index in [0.29, 0.717) is 45.7 Å². The molecule has 2 aliphatic heterocycles. The molecule has 2 saturated heterocycles. The highest BCUT2D eigenvalue weighted by Crippen LogP contribution is 2.41. The average molecular weight is 652 g/mol. The normalized spacial score (nSPS) is 21.1. The summed E-state index contributed by atoms with van der Waals surface area (Å²) >= 11 is 0. The number of alkyl halides is 3. The van der Waals surface area contributed by atoms with Gasteiger partial charge in [0, 0.05) is 48.2 Å². The van der Waals surface area contributed by atoms with Crippen molar-refractivity contribution in [2.75, 3.05) is 64.3 Å². The summed E-state index contributed by atoms with van der Waals surface area (Å²) in [6, 6.07) is 13.3. The van der Waals surface area contributed by atoms with Crippen LogP contribution in [0.4, 0.5) is 24.5 Å². The van der Waals surface area contributed by atoms with Crippen molar-refractivity contribution in [2.24, 2.45) is 5.41 Å². The van der Waals surface area contributed by atoms with E-state index >= 15 is 0 Å². The molecule has 2 aromatic carbocycles. The predicted molar refractivity (Wildman–Crippen MR) is 178 cm³/mol. The van der Waals surface area contributed by atoms with E-state index in [1.807, 2.05) is 12.1 Å². The number of methoxy groups -OCH3 is 1. The molecule has 6 rings (SSSR count). The van der Waals surface area contributed by atoms with Crippen molar-refractivity contribution in [3.05, 3.63) is 53.7 Å². The molecule has 1 aliphatic carbocycles. The van der Waals surface area contributed by atoms with Gasteiger partial charge in [0.25, 0.3) is 5.91 Å². The highest BCUT2D eigenvalue weighted by molar-refractivity contribution is 5.95. The first-order chi connectivity index (χ1) is 22.6. The lowest BCUT2D eigenvalue weighted by atomic mass is 9.76. The van der Waals surface area contributed by atoms with Gasteiger partial charge in [-0.25, -0.2) is 0 Å². The Balaban J connectivity index is 1.16. The highest BCUT2D eigenvalue weighted by atomic mass is 19.4. The minimum Gasteiger partial charge on any atom is -0.495 e. The fraction of sp³-hybridized carbons (Fsp3) is 0.528. The lowest BCUT2D eigenvalue weighted by molar-refractivity contribution is -0.143. The summed E-state index contributed by atoms with van der Waals surface area (Å²) in [5.41, 5.74) is 3.27. The van der Waals surface area contributed by atoms with Crippen LogP contribution in [-0.2, 0) is 11.3 Å². The Hall–Kier alpha value is -3.88. The van der Waals surface area contributed by atoms with Gasteiger partial charge in [-0.1, -0.05) is 12.0 Å². The molecule has 1 amide bonds. The molecule has 0 radical (unpaired) electrons. The molecule has 1 spiro atoms. The minimum absolute atomic E-state index is 0.172. The zero-order chi connectivity index (χ0) is 33.2. The molecule has 3 heterocycles. The summed E-state index contributed by atoms with van der Waals surface area (Å²) in [5.74, 6) is 6.21. The Morgan fingerprint density at radius 2 is 1.85 bits per heavy atom. The van der Waals surface area contributed by atoms with E-state index < -0.39 is 12.7 Å². The molecule has 0 atom stereocenters. The van der Waals surface area contributed by atoms with Crippen LogP contribution in [0.15, 0.2) is 42.5 Å². The van der Waals surface area contributed by atoms with Gasteiger partial charge in [-0.15, -0.1) is 0 Å². The number of anilines is 2. The van der Waals surface area contributed by atoms with Gasteiger partial charge >= 0.3 is 6.18 Å². The zero-order valence-electron chi connectivity index (χ0n) is 27.4. The highest BCUT2D eigenvalue weighted by Gasteiger charge is 2.42. The maximum Gasteiger partial charge on any atom is 0.406 e. The van der Waals surface area contributed by atoms with Crippen molar-refractivity contribution in [2.45, 2.75) is 63.3 Å². The number of hydrogen-bond acceptors (Lipinski definition) is 6. The summed E-state index contributed by atoms with van der Waals surface area (Å²) in [6.07, 6.45) is 2.42. The number of carbonyl (C=O) groups is 1. The number of aromatic nitrogens is 1. The number of amides is 1. The second-order valence-electron chi connectivity index (χ2n) is 13.2. The number of carbonyl (C=O) groups excluding carboxylic acids is 1. The summed E-state index contributed by atoms with van der Waals surface area (Å²) in [6.45, 7) is 3.19. The van der Waals surface area contributed by atoms with E-state index in [4.69, 9.17) is 9.47 Å². The van der Waals surface area contributed by atoms with Gasteiger partial charge in [-0.05, 0) is 93.9 Å². The number of benzene rings is 2. The summed E-state index contributed by atoms with van der Waals surface area (Å²) < 4.78 is 53.6. The quantitative estimate of drug-likeness (QED) is 0.296. The number of ether oxygens (including phenoxy) is 2. The Bertz CT molecular complexity index is 1640. The number of piperidine rings is 1. The van der Waals surface area contributed by atoms with Crippen LogP contribution >= 0.6 is 0 Å². The van der Waals surface area contributed by atoms with Gasteiger partial charge in [0.1, 0.15) is 12.3 Å². The first kappa shape index (κ1) is 33.0. The second kappa shape index (κ2) is 13.7. The number of likely N-dealkylation sites (tertiary alicyclic amines) is 1. The maximum atomic E-state index is 13.8. The Kier molecular flexibility index (Phi) is 9.62. The van der Waals surface area contributed by atoms with Gasteiger partial charge in [-0.3, -0.25) is 4.79 Å². The van der Waals surface area contributed by atoms with E-state index in [1.165, 1.54) is 24.5 Å². The SMILES string of the molecule is CNC(=O)c1ccc(NCC#Cc2cc3c(N(C)[C@H]4CC[C@@H](N5CCC6(CC5)COC6)CC4)cccc3n2CC(F)(F)F)c(OC)c1. The van der Waals surface area contributed by atoms with Crippen molar-refractivity contribution < 1.29 is 27.4 Å².